The molecular formula is C7H14N2OS. The molecule has 0 aromatic rings. The minimum atomic E-state index is 0.0388. The molecule has 1 rings (SSSR count). The Hall–Kier alpha value is -0.380. The molecule has 1 heterocycles. The van der Waals surface area contributed by atoms with Gasteiger partial charge in [-0.2, -0.15) is 0 Å². The molecule has 4 heteroatoms. The summed E-state index contributed by atoms with van der Waals surface area (Å²) < 4.78 is 1.81. The third kappa shape index (κ3) is 2.61. The molecule has 0 aromatic heterocycles. The highest BCUT2D eigenvalue weighted by Crippen LogP contribution is 2.18. The van der Waals surface area contributed by atoms with Crippen LogP contribution in [0.15, 0.2) is 0 Å². The van der Waals surface area contributed by atoms with Crippen molar-refractivity contribution in [1.29, 1.82) is 0 Å². The Labute approximate surface area is 71.7 Å². The first kappa shape index (κ1) is 8.71. The number of nitrogens with zero attached hydrogens (tertiary/aromatic N) is 1. The summed E-state index contributed by atoms with van der Waals surface area (Å²) in [5.41, 5.74) is 0. The largest absolute Gasteiger partial charge is 0.340 e. The average Bonchev–Trinajstić information content (AvgIpc) is 2.30. The molecule has 64 valence electrons. The molecule has 1 fully saturated rings. The molecule has 1 N–H and O–H groups in total. The Balaban J connectivity index is 2.36. The number of nitrogens with one attached hydrogen (secondary N) is 1. The molecule has 1 aliphatic heterocycles. The quantitative estimate of drug-likeness (QED) is 0.564. The van der Waals surface area contributed by atoms with Crippen LogP contribution in [0.2, 0.25) is 0 Å². The van der Waals surface area contributed by atoms with Gasteiger partial charge in [-0.15, -0.1) is 0 Å². The highest BCUT2D eigenvalue weighted by atomic mass is 32.2. The van der Waals surface area contributed by atoms with E-state index in [2.05, 4.69) is 5.32 Å². The highest BCUT2D eigenvalue weighted by molar-refractivity contribution is 7.97. The van der Waals surface area contributed by atoms with Gasteiger partial charge < -0.3 is 5.32 Å². The first-order chi connectivity index (χ1) is 5.34. The zero-order chi connectivity index (χ0) is 8.10. The van der Waals surface area contributed by atoms with E-state index in [9.17, 15) is 4.79 Å². The van der Waals surface area contributed by atoms with Crippen LogP contribution in [0.1, 0.15) is 19.3 Å². The standard InChI is InChI=1S/C7H14N2OS/c1-8-7(10)9-5-3-2-4-6-11-9/h2-6H2,1H3,(H,8,10). The minimum absolute atomic E-state index is 0.0388. The zero-order valence-corrected chi connectivity index (χ0v) is 7.62. The van der Waals surface area contributed by atoms with Crippen LogP contribution in [0, 0.1) is 0 Å². The molecule has 1 saturated heterocycles. The summed E-state index contributed by atoms with van der Waals surface area (Å²) >= 11 is 1.64. The van der Waals surface area contributed by atoms with Gasteiger partial charge in [-0.25, -0.2) is 4.79 Å². The fourth-order valence-electron chi connectivity index (χ4n) is 1.06. The molecular weight excluding hydrogens is 160 g/mol. The second kappa shape index (κ2) is 4.49. The molecule has 0 spiro atoms. The fourth-order valence-corrected chi connectivity index (χ4v) is 2.08. The number of carbonyl (C=O) groups excluding carboxylic acids is 1. The fraction of sp³-hybridized carbons (Fsp3) is 0.857. The van der Waals surface area contributed by atoms with Crippen molar-refractivity contribution >= 4 is 18.0 Å². The van der Waals surface area contributed by atoms with Crippen LogP contribution in [0.3, 0.4) is 0 Å². The number of hydrogen-bond acceptors (Lipinski definition) is 2. The predicted octanol–water partition coefficient (Wildman–Crippen LogP) is 1.46. The topological polar surface area (TPSA) is 32.3 Å². The Morgan fingerprint density at radius 1 is 1.45 bits per heavy atom. The third-order valence-electron chi connectivity index (χ3n) is 1.69. The smallest absolute Gasteiger partial charge is 0.327 e. The van der Waals surface area contributed by atoms with Crippen molar-refractivity contribution in [1.82, 2.24) is 9.62 Å². The summed E-state index contributed by atoms with van der Waals surface area (Å²) in [6, 6.07) is 0.0388. The van der Waals surface area contributed by atoms with Crippen molar-refractivity contribution in [3.05, 3.63) is 0 Å². The van der Waals surface area contributed by atoms with E-state index in [1.165, 1.54) is 12.8 Å². The van der Waals surface area contributed by atoms with Crippen molar-refractivity contribution in [2.75, 3.05) is 19.3 Å². The maximum absolute atomic E-state index is 11.1. The van der Waals surface area contributed by atoms with Crippen molar-refractivity contribution in [3.63, 3.8) is 0 Å². The van der Waals surface area contributed by atoms with Crippen molar-refractivity contribution < 1.29 is 4.79 Å². The van der Waals surface area contributed by atoms with E-state index in [-0.39, 0.29) is 6.03 Å². The summed E-state index contributed by atoms with van der Waals surface area (Å²) in [4.78, 5) is 11.1. The van der Waals surface area contributed by atoms with Gasteiger partial charge in [0.2, 0.25) is 0 Å². The van der Waals surface area contributed by atoms with Gasteiger partial charge in [0.15, 0.2) is 0 Å². The van der Waals surface area contributed by atoms with Gasteiger partial charge >= 0.3 is 6.03 Å². The lowest BCUT2D eigenvalue weighted by molar-refractivity contribution is 0.228. The number of urea groups is 1. The van der Waals surface area contributed by atoms with E-state index in [0.29, 0.717) is 0 Å². The Morgan fingerprint density at radius 3 is 3.00 bits per heavy atom. The maximum atomic E-state index is 11.1. The maximum Gasteiger partial charge on any atom is 0.327 e. The van der Waals surface area contributed by atoms with Gasteiger partial charge in [0, 0.05) is 19.3 Å². The number of hydrogen-bond donors (Lipinski definition) is 1. The summed E-state index contributed by atoms with van der Waals surface area (Å²) in [5, 5.41) is 2.63. The monoisotopic (exact) mass is 174 g/mol. The molecule has 0 aromatic carbocycles. The summed E-state index contributed by atoms with van der Waals surface area (Å²) in [5.74, 6) is 1.08. The van der Waals surface area contributed by atoms with Crippen LogP contribution in [0.5, 0.6) is 0 Å². The van der Waals surface area contributed by atoms with Crippen molar-refractivity contribution in [3.8, 4) is 0 Å². The van der Waals surface area contributed by atoms with Crippen LogP contribution in [0.25, 0.3) is 0 Å². The lowest BCUT2D eigenvalue weighted by atomic mass is 10.2. The predicted molar refractivity (Wildman–Crippen MR) is 47.5 cm³/mol. The molecule has 1 aliphatic rings. The lowest BCUT2D eigenvalue weighted by Gasteiger charge is -2.17. The van der Waals surface area contributed by atoms with Crippen molar-refractivity contribution in [2.45, 2.75) is 19.3 Å². The summed E-state index contributed by atoms with van der Waals surface area (Å²) in [6.45, 7) is 0.893. The van der Waals surface area contributed by atoms with E-state index < -0.39 is 0 Å². The molecule has 2 amide bonds. The van der Waals surface area contributed by atoms with Gasteiger partial charge in [0.05, 0.1) is 0 Å². The van der Waals surface area contributed by atoms with Crippen LogP contribution >= 0.6 is 11.9 Å². The van der Waals surface area contributed by atoms with Gasteiger partial charge in [0.25, 0.3) is 0 Å². The molecule has 11 heavy (non-hydrogen) atoms. The molecule has 0 unspecified atom stereocenters. The first-order valence-corrected chi connectivity index (χ1v) is 4.91. The van der Waals surface area contributed by atoms with Crippen LogP contribution in [-0.2, 0) is 0 Å². The van der Waals surface area contributed by atoms with Crippen LogP contribution < -0.4 is 5.32 Å². The van der Waals surface area contributed by atoms with E-state index in [0.717, 1.165) is 18.7 Å². The van der Waals surface area contributed by atoms with Crippen LogP contribution in [-0.4, -0.2) is 29.7 Å². The second-order valence-electron chi connectivity index (χ2n) is 2.55. The van der Waals surface area contributed by atoms with Crippen molar-refractivity contribution in [2.24, 2.45) is 0 Å². The second-order valence-corrected chi connectivity index (χ2v) is 3.66. The Morgan fingerprint density at radius 2 is 2.27 bits per heavy atom. The molecule has 0 atom stereocenters. The van der Waals surface area contributed by atoms with Gasteiger partial charge in [-0.05, 0) is 24.8 Å². The minimum Gasteiger partial charge on any atom is -0.340 e. The summed E-state index contributed by atoms with van der Waals surface area (Å²) in [7, 11) is 1.67. The highest BCUT2D eigenvalue weighted by Gasteiger charge is 2.13. The number of rotatable bonds is 0. The molecule has 0 radical (unpaired) electrons. The zero-order valence-electron chi connectivity index (χ0n) is 6.80. The van der Waals surface area contributed by atoms with Crippen LogP contribution in [0.4, 0.5) is 4.79 Å². The third-order valence-corrected chi connectivity index (χ3v) is 2.82. The van der Waals surface area contributed by atoms with E-state index >= 15 is 0 Å². The lowest BCUT2D eigenvalue weighted by Crippen LogP contribution is -2.33. The number of carbonyl (C=O) groups is 1. The van der Waals surface area contributed by atoms with E-state index in [4.69, 9.17) is 0 Å². The van der Waals surface area contributed by atoms with E-state index in [1.807, 2.05) is 4.31 Å². The van der Waals surface area contributed by atoms with Gasteiger partial charge in [-0.1, -0.05) is 6.42 Å². The molecule has 0 saturated carbocycles. The molecule has 0 bridgehead atoms. The Kier molecular flexibility index (Phi) is 3.56. The molecule has 3 nitrogen and oxygen atoms in total. The molecule has 0 aliphatic carbocycles. The van der Waals surface area contributed by atoms with Gasteiger partial charge in [0.1, 0.15) is 0 Å². The SMILES string of the molecule is CNC(=O)N1CCCCCS1. The Bertz CT molecular complexity index is 132. The average molecular weight is 174 g/mol. The summed E-state index contributed by atoms with van der Waals surface area (Å²) in [6.07, 6.45) is 3.62. The normalized spacial score (nSPS) is 19.2. The number of amides is 2. The van der Waals surface area contributed by atoms with Gasteiger partial charge in [-0.3, -0.25) is 4.31 Å². The van der Waals surface area contributed by atoms with E-state index in [1.54, 1.807) is 19.0 Å². The first-order valence-electron chi connectivity index (χ1n) is 3.97.